The lowest BCUT2D eigenvalue weighted by Gasteiger charge is -2.36. The number of carbonyl (C=O) groups excluding carboxylic acids is 4. The minimum atomic E-state index is -2.10. The molecule has 0 saturated heterocycles. The average Bonchev–Trinajstić information content (AvgIpc) is 3.42. The number of nitrogens with zero attached hydrogens (tertiary/aromatic N) is 1. The van der Waals surface area contributed by atoms with E-state index in [9.17, 15) is 19.2 Å². The van der Waals surface area contributed by atoms with E-state index in [2.05, 4.69) is 49.5 Å². The zero-order valence-corrected chi connectivity index (χ0v) is 29.0. The van der Waals surface area contributed by atoms with E-state index in [1.54, 1.807) is 0 Å². The molecule has 0 aliphatic heterocycles. The molecule has 1 heterocycles. The van der Waals surface area contributed by atoms with Gasteiger partial charge in [-0.05, 0) is 57.3 Å². The lowest BCUT2D eigenvalue weighted by molar-refractivity contribution is -0.140. The number of benzene rings is 1. The van der Waals surface area contributed by atoms with Crippen LogP contribution in [-0.4, -0.2) is 62.0 Å². The second kappa shape index (κ2) is 16.3. The molecule has 0 bridgehead atoms. The number of nitrogens with two attached hydrogens (primary N) is 1. The molecule has 0 spiro atoms. The third-order valence-corrected chi connectivity index (χ3v) is 12.5. The smallest absolute Gasteiger partial charge is 0.407 e. The Labute approximate surface area is 265 Å². The van der Waals surface area contributed by atoms with Crippen LogP contribution in [0.3, 0.4) is 0 Å². The second-order valence-electron chi connectivity index (χ2n) is 13.1. The van der Waals surface area contributed by atoms with Crippen molar-refractivity contribution in [3.8, 4) is 10.6 Å². The fourth-order valence-corrected chi connectivity index (χ4v) is 5.27. The van der Waals surface area contributed by atoms with Gasteiger partial charge >= 0.3 is 18.0 Å². The first-order valence-electron chi connectivity index (χ1n) is 14.8. The molecule has 0 saturated carbocycles. The lowest BCUT2D eigenvalue weighted by Crippen LogP contribution is -2.46. The van der Waals surface area contributed by atoms with Gasteiger partial charge in [-0.3, -0.25) is 4.79 Å². The summed E-state index contributed by atoms with van der Waals surface area (Å²) in [6.45, 7) is 16.7. The number of ether oxygens (including phenoxy) is 2. The predicted octanol–water partition coefficient (Wildman–Crippen LogP) is 5.54. The van der Waals surface area contributed by atoms with Crippen molar-refractivity contribution >= 4 is 43.6 Å². The summed E-state index contributed by atoms with van der Waals surface area (Å²) in [5.41, 5.74) is 7.12. The van der Waals surface area contributed by atoms with Crippen LogP contribution in [0.25, 0.3) is 10.6 Å². The molecule has 1 aromatic heterocycles. The molecule has 0 aliphatic carbocycles. The maximum atomic E-state index is 12.5. The molecular formula is C31H48N4O7SSi. The van der Waals surface area contributed by atoms with Crippen LogP contribution in [0.1, 0.15) is 83.3 Å². The number of hydrogen-bond donors (Lipinski definition) is 3. The van der Waals surface area contributed by atoms with Crippen LogP contribution in [0, 0.1) is 0 Å². The lowest BCUT2D eigenvalue weighted by atomic mass is 10.1. The standard InChI is InChI=1S/C31H48N4O7SSi/c1-30(2,3)42-29(39)33-17-11-9-10-12-25(36)34-18-21-13-15-22(16-14-21)26-35-24(20-43-26)28(38)41-27(37)23(32)19-40-44(7,8)31(4,5)6/h13-16,20,23H,9-12,17-19,32H2,1-8H3,(H,33,39)(H,34,36)/t23-/m0/s1. The van der Waals surface area contributed by atoms with E-state index in [0.717, 1.165) is 30.4 Å². The molecule has 2 amide bonds. The largest absolute Gasteiger partial charge is 0.444 e. The first-order chi connectivity index (χ1) is 20.4. The Hall–Kier alpha value is -3.13. The van der Waals surface area contributed by atoms with Crippen LogP contribution >= 0.6 is 11.3 Å². The van der Waals surface area contributed by atoms with Gasteiger partial charge < -0.3 is 30.3 Å². The Morgan fingerprint density at radius 3 is 2.25 bits per heavy atom. The number of thiazole rings is 1. The Kier molecular flexibility index (Phi) is 13.7. The Morgan fingerprint density at radius 1 is 0.977 bits per heavy atom. The minimum Gasteiger partial charge on any atom is -0.444 e. The SMILES string of the molecule is CC(C)(C)OC(=O)NCCCCCC(=O)NCc1ccc(-c2nc(C(=O)OC(=O)[C@@H](N)CO[Si](C)(C)C(C)(C)C)cs2)cc1. The molecule has 44 heavy (non-hydrogen) atoms. The molecule has 0 unspecified atom stereocenters. The first kappa shape index (κ1) is 37.1. The van der Waals surface area contributed by atoms with Crippen molar-refractivity contribution in [2.24, 2.45) is 5.73 Å². The van der Waals surface area contributed by atoms with Crippen LogP contribution in [0.5, 0.6) is 0 Å². The molecule has 0 radical (unpaired) electrons. The van der Waals surface area contributed by atoms with E-state index >= 15 is 0 Å². The summed E-state index contributed by atoms with van der Waals surface area (Å²) in [6, 6.07) is 6.39. The van der Waals surface area contributed by atoms with Crippen LogP contribution in [-0.2, 0) is 30.0 Å². The number of esters is 2. The fraction of sp³-hybridized carbons (Fsp3) is 0.581. The Morgan fingerprint density at radius 2 is 1.64 bits per heavy atom. The number of amides is 2. The van der Waals surface area contributed by atoms with Gasteiger partial charge in [0.05, 0.1) is 6.61 Å². The number of rotatable bonds is 14. The highest BCUT2D eigenvalue weighted by atomic mass is 32.1. The van der Waals surface area contributed by atoms with E-state index in [-0.39, 0.29) is 23.2 Å². The summed E-state index contributed by atoms with van der Waals surface area (Å²) in [4.78, 5) is 53.1. The molecule has 0 aliphatic rings. The average molecular weight is 649 g/mol. The molecule has 1 aromatic carbocycles. The summed E-state index contributed by atoms with van der Waals surface area (Å²) in [5.74, 6) is -1.76. The van der Waals surface area contributed by atoms with Gasteiger partial charge in [-0.15, -0.1) is 11.3 Å². The summed E-state index contributed by atoms with van der Waals surface area (Å²) in [5, 5.41) is 7.70. The summed E-state index contributed by atoms with van der Waals surface area (Å²) in [7, 11) is -2.10. The number of hydrogen-bond acceptors (Lipinski definition) is 10. The topological polar surface area (TPSA) is 159 Å². The highest BCUT2D eigenvalue weighted by Crippen LogP contribution is 2.36. The number of aromatic nitrogens is 1. The van der Waals surface area contributed by atoms with Gasteiger partial charge in [0.15, 0.2) is 14.0 Å². The van der Waals surface area contributed by atoms with Gasteiger partial charge in [-0.1, -0.05) is 51.5 Å². The van der Waals surface area contributed by atoms with Crippen molar-refractivity contribution < 1.29 is 33.1 Å². The summed E-state index contributed by atoms with van der Waals surface area (Å²) < 4.78 is 16.1. The molecule has 2 rings (SSSR count). The summed E-state index contributed by atoms with van der Waals surface area (Å²) >= 11 is 1.25. The molecule has 4 N–H and O–H groups in total. The number of nitrogens with one attached hydrogen (secondary N) is 2. The zero-order chi connectivity index (χ0) is 33.1. The number of carbonyl (C=O) groups is 4. The van der Waals surface area contributed by atoms with Crippen LogP contribution in [0.15, 0.2) is 29.6 Å². The first-order valence-corrected chi connectivity index (χ1v) is 18.6. The van der Waals surface area contributed by atoms with Gasteiger partial charge in [0, 0.05) is 30.5 Å². The number of unbranched alkanes of at least 4 members (excludes halogenated alkanes) is 2. The van der Waals surface area contributed by atoms with Crippen LogP contribution in [0.4, 0.5) is 4.79 Å². The minimum absolute atomic E-state index is 0.0210. The third kappa shape index (κ3) is 12.8. The zero-order valence-electron chi connectivity index (χ0n) is 27.2. The van der Waals surface area contributed by atoms with Crippen LogP contribution in [0.2, 0.25) is 18.1 Å². The van der Waals surface area contributed by atoms with Gasteiger partial charge in [0.25, 0.3) is 0 Å². The van der Waals surface area contributed by atoms with Gasteiger partial charge in [-0.25, -0.2) is 19.4 Å². The van der Waals surface area contributed by atoms with Crippen LogP contribution < -0.4 is 16.4 Å². The highest BCUT2D eigenvalue weighted by molar-refractivity contribution is 7.13. The molecule has 2 aromatic rings. The Balaban J connectivity index is 1.74. The highest BCUT2D eigenvalue weighted by Gasteiger charge is 2.38. The van der Waals surface area contributed by atoms with Crippen molar-refractivity contribution in [1.82, 2.24) is 15.6 Å². The molecular weight excluding hydrogens is 601 g/mol. The quantitative estimate of drug-likeness (QED) is 0.103. The Bertz CT molecular complexity index is 1270. The van der Waals surface area contributed by atoms with Crippen molar-refractivity contribution in [1.29, 1.82) is 0 Å². The number of alkyl carbamates (subject to hydrolysis) is 1. The van der Waals surface area contributed by atoms with Crippen molar-refractivity contribution in [2.45, 2.75) is 104 Å². The normalized spacial score (nSPS) is 12.8. The van der Waals surface area contributed by atoms with Crippen molar-refractivity contribution in [3.63, 3.8) is 0 Å². The molecule has 13 heteroatoms. The predicted molar refractivity (Wildman–Crippen MR) is 174 cm³/mol. The van der Waals surface area contributed by atoms with Crippen molar-refractivity contribution in [2.75, 3.05) is 13.2 Å². The van der Waals surface area contributed by atoms with E-state index < -0.39 is 38.0 Å². The van der Waals surface area contributed by atoms with E-state index in [1.807, 2.05) is 45.0 Å². The maximum absolute atomic E-state index is 12.5. The fourth-order valence-electron chi connectivity index (χ4n) is 3.45. The van der Waals surface area contributed by atoms with E-state index in [4.69, 9.17) is 19.6 Å². The van der Waals surface area contributed by atoms with Gasteiger partial charge in [0.2, 0.25) is 5.91 Å². The summed E-state index contributed by atoms with van der Waals surface area (Å²) in [6.07, 6.45) is 2.26. The second-order valence-corrected chi connectivity index (χ2v) is 18.8. The molecule has 11 nitrogen and oxygen atoms in total. The molecule has 244 valence electrons. The van der Waals surface area contributed by atoms with Gasteiger partial charge in [0.1, 0.15) is 16.7 Å². The van der Waals surface area contributed by atoms with Crippen molar-refractivity contribution in [3.05, 3.63) is 40.9 Å². The van der Waals surface area contributed by atoms with E-state index in [0.29, 0.717) is 24.5 Å². The molecule has 1 atom stereocenters. The van der Waals surface area contributed by atoms with E-state index in [1.165, 1.54) is 16.7 Å². The third-order valence-electron chi connectivity index (χ3n) is 7.08. The maximum Gasteiger partial charge on any atom is 0.407 e. The molecule has 0 fully saturated rings. The monoisotopic (exact) mass is 648 g/mol. The van der Waals surface area contributed by atoms with Gasteiger partial charge in [-0.2, -0.15) is 0 Å².